The molecule has 0 aromatic carbocycles. The standard InChI is InChI=1S/C15H22O4S/c1-4-6-15(3,7-5-2)14(16)19-13-8-17-11-9-20-10-12(11)18-13/h9-10,13H,4-8H2,1-3H3. The van der Waals surface area contributed by atoms with E-state index in [-0.39, 0.29) is 12.6 Å². The largest absolute Gasteiger partial charge is 0.481 e. The van der Waals surface area contributed by atoms with Crippen molar-refractivity contribution in [3.63, 3.8) is 0 Å². The number of ether oxygens (including phenoxy) is 3. The average Bonchev–Trinajstić information content (AvgIpc) is 2.86. The second kappa shape index (κ2) is 6.48. The van der Waals surface area contributed by atoms with Gasteiger partial charge < -0.3 is 14.2 Å². The molecule has 0 fully saturated rings. The van der Waals surface area contributed by atoms with Crippen LogP contribution in [0.2, 0.25) is 0 Å². The topological polar surface area (TPSA) is 44.8 Å². The van der Waals surface area contributed by atoms with Crippen LogP contribution in [0.4, 0.5) is 0 Å². The van der Waals surface area contributed by atoms with Crippen molar-refractivity contribution in [2.45, 2.75) is 52.7 Å². The van der Waals surface area contributed by atoms with E-state index in [1.807, 2.05) is 17.7 Å². The van der Waals surface area contributed by atoms with Gasteiger partial charge in [0.1, 0.15) is 0 Å². The SMILES string of the molecule is CCCC(C)(CCC)C(=O)OC1COc2cscc2O1. The Morgan fingerprint density at radius 1 is 1.35 bits per heavy atom. The quantitative estimate of drug-likeness (QED) is 0.745. The lowest BCUT2D eigenvalue weighted by molar-refractivity contribution is -0.182. The summed E-state index contributed by atoms with van der Waals surface area (Å²) < 4.78 is 16.7. The molecule has 1 aliphatic rings. The van der Waals surface area contributed by atoms with Crippen molar-refractivity contribution in [1.82, 2.24) is 0 Å². The van der Waals surface area contributed by atoms with E-state index < -0.39 is 11.7 Å². The number of hydrogen-bond acceptors (Lipinski definition) is 5. The summed E-state index contributed by atoms with van der Waals surface area (Å²) in [6.07, 6.45) is 2.94. The first-order chi connectivity index (χ1) is 9.59. The van der Waals surface area contributed by atoms with Gasteiger partial charge in [-0.3, -0.25) is 4.79 Å². The first-order valence-corrected chi connectivity index (χ1v) is 8.10. The Labute approximate surface area is 124 Å². The van der Waals surface area contributed by atoms with Gasteiger partial charge in [0.2, 0.25) is 0 Å². The van der Waals surface area contributed by atoms with Crippen LogP contribution in [-0.4, -0.2) is 18.9 Å². The Bertz CT molecular complexity index is 448. The molecule has 4 nitrogen and oxygen atoms in total. The molecule has 0 N–H and O–H groups in total. The van der Waals surface area contributed by atoms with Crippen LogP contribution in [0.3, 0.4) is 0 Å². The first-order valence-electron chi connectivity index (χ1n) is 7.15. The number of rotatable bonds is 6. The highest BCUT2D eigenvalue weighted by Crippen LogP contribution is 2.37. The lowest BCUT2D eigenvalue weighted by Gasteiger charge is -2.30. The van der Waals surface area contributed by atoms with Crippen molar-refractivity contribution in [2.24, 2.45) is 5.41 Å². The highest BCUT2D eigenvalue weighted by atomic mass is 32.1. The molecule has 2 rings (SSSR count). The molecule has 0 saturated carbocycles. The van der Waals surface area contributed by atoms with Gasteiger partial charge in [-0.05, 0) is 19.8 Å². The fraction of sp³-hybridized carbons (Fsp3) is 0.667. The fourth-order valence-electron chi connectivity index (χ4n) is 2.55. The molecule has 0 aliphatic carbocycles. The van der Waals surface area contributed by atoms with E-state index in [1.54, 1.807) is 0 Å². The van der Waals surface area contributed by atoms with Gasteiger partial charge in [-0.2, -0.15) is 0 Å². The van der Waals surface area contributed by atoms with Crippen molar-refractivity contribution < 1.29 is 19.0 Å². The highest BCUT2D eigenvalue weighted by molar-refractivity contribution is 7.08. The molecule has 0 radical (unpaired) electrons. The van der Waals surface area contributed by atoms with Crippen LogP contribution in [-0.2, 0) is 9.53 Å². The lowest BCUT2D eigenvalue weighted by atomic mass is 9.81. The summed E-state index contributed by atoms with van der Waals surface area (Å²) in [5.41, 5.74) is -0.429. The van der Waals surface area contributed by atoms with E-state index in [0.717, 1.165) is 31.4 Å². The van der Waals surface area contributed by atoms with Crippen LogP contribution in [0.25, 0.3) is 0 Å². The van der Waals surface area contributed by atoms with Crippen molar-refractivity contribution in [1.29, 1.82) is 0 Å². The molecule has 1 aromatic rings. The molecule has 5 heteroatoms. The summed E-state index contributed by atoms with van der Waals surface area (Å²) in [7, 11) is 0. The first kappa shape index (κ1) is 15.2. The fourth-order valence-corrected chi connectivity index (χ4v) is 3.22. The number of esters is 1. The smallest absolute Gasteiger partial charge is 0.314 e. The van der Waals surface area contributed by atoms with Crippen LogP contribution >= 0.6 is 11.3 Å². The van der Waals surface area contributed by atoms with Gasteiger partial charge in [0.05, 0.1) is 5.41 Å². The Kier molecular flexibility index (Phi) is 4.91. The van der Waals surface area contributed by atoms with Crippen LogP contribution in [0.5, 0.6) is 11.5 Å². The summed E-state index contributed by atoms with van der Waals surface area (Å²) in [4.78, 5) is 12.4. The van der Waals surface area contributed by atoms with E-state index in [0.29, 0.717) is 5.75 Å². The molecule has 1 aliphatic heterocycles. The minimum absolute atomic E-state index is 0.187. The van der Waals surface area contributed by atoms with Crippen molar-refractivity contribution in [3.05, 3.63) is 10.8 Å². The zero-order valence-corrected chi connectivity index (χ0v) is 13.1. The molecule has 0 saturated heterocycles. The lowest BCUT2D eigenvalue weighted by Crippen LogP contribution is -2.39. The van der Waals surface area contributed by atoms with E-state index in [9.17, 15) is 4.79 Å². The van der Waals surface area contributed by atoms with Crippen LogP contribution < -0.4 is 9.47 Å². The third-order valence-electron chi connectivity index (χ3n) is 3.56. The maximum atomic E-state index is 12.4. The molecule has 1 aromatic heterocycles. The zero-order chi connectivity index (χ0) is 14.6. The predicted molar refractivity (Wildman–Crippen MR) is 78.2 cm³/mol. The maximum Gasteiger partial charge on any atom is 0.314 e. The zero-order valence-electron chi connectivity index (χ0n) is 12.3. The normalized spacial score (nSPS) is 17.9. The van der Waals surface area contributed by atoms with E-state index in [1.165, 1.54) is 11.3 Å². The minimum atomic E-state index is -0.641. The van der Waals surface area contributed by atoms with E-state index in [4.69, 9.17) is 14.2 Å². The van der Waals surface area contributed by atoms with Crippen LogP contribution in [0.15, 0.2) is 10.8 Å². The molecule has 2 heterocycles. The summed E-state index contributed by atoms with van der Waals surface area (Å²) in [5, 5.41) is 3.73. The van der Waals surface area contributed by atoms with Crippen molar-refractivity contribution in [2.75, 3.05) is 6.61 Å². The van der Waals surface area contributed by atoms with Crippen molar-refractivity contribution in [3.8, 4) is 11.5 Å². The number of thiophene rings is 1. The van der Waals surface area contributed by atoms with Gasteiger partial charge in [0.15, 0.2) is 18.1 Å². The number of carbonyl (C=O) groups excluding carboxylic acids is 1. The van der Waals surface area contributed by atoms with Crippen LogP contribution in [0.1, 0.15) is 46.5 Å². The second-order valence-electron chi connectivity index (χ2n) is 5.42. The molecular weight excluding hydrogens is 276 g/mol. The van der Waals surface area contributed by atoms with E-state index >= 15 is 0 Å². The third kappa shape index (κ3) is 3.26. The van der Waals surface area contributed by atoms with Crippen molar-refractivity contribution >= 4 is 17.3 Å². The van der Waals surface area contributed by atoms with Gasteiger partial charge in [0, 0.05) is 10.8 Å². The van der Waals surface area contributed by atoms with Gasteiger partial charge in [0.25, 0.3) is 6.29 Å². The highest BCUT2D eigenvalue weighted by Gasteiger charge is 2.36. The van der Waals surface area contributed by atoms with E-state index in [2.05, 4.69) is 13.8 Å². The summed E-state index contributed by atoms with van der Waals surface area (Å²) in [6, 6.07) is 0. The molecule has 0 amide bonds. The summed E-state index contributed by atoms with van der Waals surface area (Å²) >= 11 is 1.51. The van der Waals surface area contributed by atoms with Gasteiger partial charge in [-0.15, -0.1) is 11.3 Å². The Balaban J connectivity index is 1.97. The van der Waals surface area contributed by atoms with Gasteiger partial charge >= 0.3 is 5.97 Å². The molecular formula is C15H22O4S. The molecule has 20 heavy (non-hydrogen) atoms. The molecule has 1 unspecified atom stereocenters. The Hall–Kier alpha value is -1.23. The Morgan fingerprint density at radius 2 is 2.00 bits per heavy atom. The monoisotopic (exact) mass is 298 g/mol. The minimum Gasteiger partial charge on any atom is -0.481 e. The van der Waals surface area contributed by atoms with Gasteiger partial charge in [-0.25, -0.2) is 0 Å². The predicted octanol–water partition coefficient (Wildman–Crippen LogP) is 4.00. The van der Waals surface area contributed by atoms with Crippen LogP contribution in [0, 0.1) is 5.41 Å². The summed E-state index contributed by atoms with van der Waals surface area (Å²) in [5.74, 6) is 1.20. The maximum absolute atomic E-state index is 12.4. The number of hydrogen-bond donors (Lipinski definition) is 0. The second-order valence-corrected chi connectivity index (χ2v) is 6.17. The Morgan fingerprint density at radius 3 is 2.65 bits per heavy atom. The van der Waals surface area contributed by atoms with Gasteiger partial charge in [-0.1, -0.05) is 26.7 Å². The number of fused-ring (bicyclic) bond motifs is 1. The molecule has 112 valence electrons. The molecule has 0 spiro atoms. The molecule has 0 bridgehead atoms. The average molecular weight is 298 g/mol. The molecule has 1 atom stereocenters. The summed E-state index contributed by atoms with van der Waals surface area (Å²) in [6.45, 7) is 6.39. The number of carbonyl (C=O) groups is 1. The third-order valence-corrected chi connectivity index (χ3v) is 4.26.